The average molecular weight is 304 g/mol. The van der Waals surface area contributed by atoms with E-state index in [1.54, 1.807) is 0 Å². The highest BCUT2D eigenvalue weighted by atomic mass is 16.5. The van der Waals surface area contributed by atoms with Gasteiger partial charge in [-0.1, -0.05) is 56.0 Å². The fourth-order valence-corrected chi connectivity index (χ4v) is 1.55. The number of hydrogen-bond acceptors (Lipinski definition) is 3. The molecule has 0 aliphatic rings. The molecule has 0 atom stereocenters. The van der Waals surface area contributed by atoms with Gasteiger partial charge >= 0.3 is 11.9 Å². The number of carboxylic acid groups (broad SMARTS) is 1. The standard InChI is InChI=1S/C9H10O2.C9H14O2/c10-9(11)7-6-8-4-2-1-3-5-8;1-3-4-5-6-7-8-9(10)11-2/h1-5H,6-7H2,(H,10,11);3-6H2,1-2H3. The Bertz CT molecular complexity index is 483. The Morgan fingerprint density at radius 3 is 2.41 bits per heavy atom. The highest BCUT2D eigenvalue weighted by Gasteiger charge is 1.96. The van der Waals surface area contributed by atoms with Crippen molar-refractivity contribution < 1.29 is 19.4 Å². The van der Waals surface area contributed by atoms with Crippen molar-refractivity contribution >= 4 is 11.9 Å². The van der Waals surface area contributed by atoms with Crippen LogP contribution in [-0.4, -0.2) is 24.2 Å². The quantitative estimate of drug-likeness (QED) is 0.378. The largest absolute Gasteiger partial charge is 0.481 e. The number of esters is 1. The Kier molecular flexibility index (Phi) is 12.3. The second kappa shape index (κ2) is 13.7. The van der Waals surface area contributed by atoms with E-state index >= 15 is 0 Å². The summed E-state index contributed by atoms with van der Waals surface area (Å²) in [5.74, 6) is 3.94. The number of aryl methyl sites for hydroxylation is 1. The van der Waals surface area contributed by atoms with Gasteiger partial charge in [0, 0.05) is 18.8 Å². The van der Waals surface area contributed by atoms with Crippen molar-refractivity contribution in [2.24, 2.45) is 0 Å². The maximum Gasteiger partial charge on any atom is 0.384 e. The topological polar surface area (TPSA) is 63.6 Å². The lowest BCUT2D eigenvalue weighted by Gasteiger charge is -1.95. The van der Waals surface area contributed by atoms with Gasteiger partial charge in [0.25, 0.3) is 0 Å². The van der Waals surface area contributed by atoms with Gasteiger partial charge in [0.1, 0.15) is 0 Å². The number of aliphatic carboxylic acids is 1. The molecule has 0 unspecified atom stereocenters. The monoisotopic (exact) mass is 304 g/mol. The van der Waals surface area contributed by atoms with Crippen LogP contribution in [0, 0.1) is 11.8 Å². The summed E-state index contributed by atoms with van der Waals surface area (Å²) in [6, 6.07) is 9.62. The van der Waals surface area contributed by atoms with Crippen LogP contribution in [0.25, 0.3) is 0 Å². The van der Waals surface area contributed by atoms with Crippen LogP contribution in [0.2, 0.25) is 0 Å². The smallest absolute Gasteiger partial charge is 0.384 e. The van der Waals surface area contributed by atoms with Gasteiger partial charge in [-0.15, -0.1) is 0 Å². The van der Waals surface area contributed by atoms with Crippen LogP contribution in [0.1, 0.15) is 44.6 Å². The van der Waals surface area contributed by atoms with Gasteiger partial charge in [-0.2, -0.15) is 0 Å². The Labute approximate surface area is 132 Å². The summed E-state index contributed by atoms with van der Waals surface area (Å²) in [6.45, 7) is 2.13. The molecule has 0 aromatic heterocycles. The van der Waals surface area contributed by atoms with E-state index in [1.807, 2.05) is 30.3 Å². The first-order chi connectivity index (χ1) is 10.6. The van der Waals surface area contributed by atoms with Gasteiger partial charge in [0.15, 0.2) is 0 Å². The molecule has 0 aliphatic heterocycles. The lowest BCUT2D eigenvalue weighted by atomic mass is 10.1. The predicted octanol–water partition coefficient (Wildman–Crippen LogP) is 3.45. The summed E-state index contributed by atoms with van der Waals surface area (Å²) in [5.41, 5.74) is 1.08. The summed E-state index contributed by atoms with van der Waals surface area (Å²) in [6.07, 6.45) is 5.05. The fraction of sp³-hybridized carbons (Fsp3) is 0.444. The van der Waals surface area contributed by atoms with Crippen LogP contribution in [0.5, 0.6) is 0 Å². The zero-order valence-corrected chi connectivity index (χ0v) is 13.3. The molecule has 1 rings (SSSR count). The lowest BCUT2D eigenvalue weighted by molar-refractivity contribution is -0.137. The first-order valence-electron chi connectivity index (χ1n) is 7.42. The average Bonchev–Trinajstić information content (AvgIpc) is 2.54. The summed E-state index contributed by atoms with van der Waals surface area (Å²) in [4.78, 5) is 20.6. The SMILES string of the molecule is CCCCCC#CC(=O)OC.O=C(O)CCc1ccccc1. The molecule has 22 heavy (non-hydrogen) atoms. The van der Waals surface area contributed by atoms with E-state index in [0.717, 1.165) is 18.4 Å². The number of carbonyl (C=O) groups excluding carboxylic acids is 1. The number of methoxy groups -OCH3 is 1. The van der Waals surface area contributed by atoms with Crippen LogP contribution in [-0.2, 0) is 20.7 Å². The highest BCUT2D eigenvalue weighted by molar-refractivity contribution is 5.88. The van der Waals surface area contributed by atoms with Crippen molar-refractivity contribution in [1.29, 1.82) is 0 Å². The van der Waals surface area contributed by atoms with Crippen molar-refractivity contribution in [3.8, 4) is 11.8 Å². The Morgan fingerprint density at radius 2 is 1.86 bits per heavy atom. The van der Waals surface area contributed by atoms with Crippen molar-refractivity contribution in [3.05, 3.63) is 35.9 Å². The number of rotatable bonds is 6. The number of unbranched alkanes of at least 4 members (excludes halogenated alkanes) is 3. The molecular weight excluding hydrogens is 280 g/mol. The molecule has 0 saturated carbocycles. The van der Waals surface area contributed by atoms with E-state index in [1.165, 1.54) is 20.0 Å². The van der Waals surface area contributed by atoms with Crippen molar-refractivity contribution in [3.63, 3.8) is 0 Å². The summed E-state index contributed by atoms with van der Waals surface area (Å²) < 4.78 is 4.34. The molecule has 0 heterocycles. The number of benzene rings is 1. The zero-order chi connectivity index (χ0) is 16.6. The van der Waals surface area contributed by atoms with Gasteiger partial charge in [-0.05, 0) is 18.4 Å². The number of hydrogen-bond donors (Lipinski definition) is 1. The minimum Gasteiger partial charge on any atom is -0.481 e. The summed E-state index contributed by atoms with van der Waals surface area (Å²) >= 11 is 0. The highest BCUT2D eigenvalue weighted by Crippen LogP contribution is 2.01. The first-order valence-corrected chi connectivity index (χ1v) is 7.42. The van der Waals surface area contributed by atoms with Gasteiger partial charge in [0.2, 0.25) is 0 Å². The van der Waals surface area contributed by atoms with Gasteiger partial charge < -0.3 is 9.84 Å². The molecule has 120 valence electrons. The Morgan fingerprint density at radius 1 is 1.18 bits per heavy atom. The van der Waals surface area contributed by atoms with E-state index in [0.29, 0.717) is 6.42 Å². The molecule has 4 heteroatoms. The molecule has 4 nitrogen and oxygen atoms in total. The second-order valence-electron chi connectivity index (χ2n) is 4.63. The van der Waals surface area contributed by atoms with Crippen LogP contribution >= 0.6 is 0 Å². The molecule has 0 amide bonds. The van der Waals surface area contributed by atoms with Crippen LogP contribution in [0.3, 0.4) is 0 Å². The van der Waals surface area contributed by atoms with Crippen LogP contribution in [0.15, 0.2) is 30.3 Å². The molecule has 1 N–H and O–H groups in total. The molecule has 0 spiro atoms. The summed E-state index contributed by atoms with van der Waals surface area (Å²) in [5, 5.41) is 8.37. The van der Waals surface area contributed by atoms with Gasteiger partial charge in [-0.25, -0.2) is 4.79 Å². The molecule has 0 fully saturated rings. The van der Waals surface area contributed by atoms with E-state index in [2.05, 4.69) is 23.5 Å². The number of carbonyl (C=O) groups is 2. The molecular formula is C18H24O4. The van der Waals surface area contributed by atoms with E-state index in [9.17, 15) is 9.59 Å². The second-order valence-corrected chi connectivity index (χ2v) is 4.63. The van der Waals surface area contributed by atoms with Crippen LogP contribution in [0.4, 0.5) is 0 Å². The van der Waals surface area contributed by atoms with Gasteiger partial charge in [-0.3, -0.25) is 4.79 Å². The molecule has 0 saturated heterocycles. The minimum atomic E-state index is -0.742. The molecule has 1 aromatic carbocycles. The maximum absolute atomic E-state index is 10.4. The number of carboxylic acids is 1. The summed E-state index contributed by atoms with van der Waals surface area (Å²) in [7, 11) is 1.34. The minimum absolute atomic E-state index is 0.212. The first kappa shape index (κ1) is 19.7. The molecule has 0 radical (unpaired) electrons. The Hall–Kier alpha value is -2.28. The normalized spacial score (nSPS) is 8.82. The van der Waals surface area contributed by atoms with Crippen molar-refractivity contribution in [1.82, 2.24) is 0 Å². The van der Waals surface area contributed by atoms with Crippen LogP contribution < -0.4 is 0 Å². The van der Waals surface area contributed by atoms with Gasteiger partial charge in [0.05, 0.1) is 7.11 Å². The van der Waals surface area contributed by atoms with E-state index in [-0.39, 0.29) is 6.42 Å². The Balaban J connectivity index is 0.000000401. The maximum atomic E-state index is 10.4. The van der Waals surface area contributed by atoms with Crippen molar-refractivity contribution in [2.45, 2.75) is 45.4 Å². The van der Waals surface area contributed by atoms with E-state index in [4.69, 9.17) is 5.11 Å². The third-order valence-corrected chi connectivity index (χ3v) is 2.75. The third-order valence-electron chi connectivity index (χ3n) is 2.75. The molecule has 0 aliphatic carbocycles. The lowest BCUT2D eigenvalue weighted by Crippen LogP contribution is -1.96. The molecule has 0 bridgehead atoms. The number of ether oxygens (including phenoxy) is 1. The zero-order valence-electron chi connectivity index (χ0n) is 13.3. The molecule has 1 aromatic rings. The van der Waals surface area contributed by atoms with E-state index < -0.39 is 11.9 Å². The predicted molar refractivity (Wildman–Crippen MR) is 86.3 cm³/mol. The van der Waals surface area contributed by atoms with Crippen molar-refractivity contribution in [2.75, 3.05) is 7.11 Å². The fourth-order valence-electron chi connectivity index (χ4n) is 1.55. The third kappa shape index (κ3) is 12.7.